The second-order valence-corrected chi connectivity index (χ2v) is 6.90. The summed E-state index contributed by atoms with van der Waals surface area (Å²) in [4.78, 5) is 17.6. The Morgan fingerprint density at radius 2 is 1.62 bits per heavy atom. The van der Waals surface area contributed by atoms with Crippen LogP contribution >= 0.6 is 0 Å². The van der Waals surface area contributed by atoms with Gasteiger partial charge in [-0.2, -0.15) is 0 Å². The largest absolute Gasteiger partial charge is 0.496 e. The van der Waals surface area contributed by atoms with Crippen LogP contribution < -0.4 is 9.47 Å². The van der Waals surface area contributed by atoms with E-state index in [9.17, 15) is 4.79 Å². The fourth-order valence-electron chi connectivity index (χ4n) is 4.24. The van der Waals surface area contributed by atoms with E-state index in [0.29, 0.717) is 29.1 Å². The molecule has 2 fully saturated rings. The Morgan fingerprint density at radius 3 is 2.17 bits per heavy atom. The molecule has 5 heteroatoms. The van der Waals surface area contributed by atoms with Crippen molar-refractivity contribution in [1.29, 1.82) is 0 Å². The van der Waals surface area contributed by atoms with Crippen LogP contribution in [0.3, 0.4) is 0 Å². The summed E-state index contributed by atoms with van der Waals surface area (Å²) in [6, 6.07) is 4.50. The van der Waals surface area contributed by atoms with Gasteiger partial charge in [0.2, 0.25) is 0 Å². The Labute approximate surface area is 144 Å². The van der Waals surface area contributed by atoms with Crippen molar-refractivity contribution in [2.24, 2.45) is 0 Å². The van der Waals surface area contributed by atoms with Gasteiger partial charge in [-0.15, -0.1) is 0 Å². The molecule has 3 rings (SSSR count). The van der Waals surface area contributed by atoms with Gasteiger partial charge in [-0.05, 0) is 58.3 Å². The standard InChI is InChI=1S/C19H28N2O3/c1-13-17(23-3)11-14(12-18(13)24-4)19(22)21-10-6-8-16(21)15-7-5-9-20(15)2/h11-12,15-16H,5-10H2,1-4H3/t15-,16+/m1/s1. The minimum atomic E-state index is 0.0920. The summed E-state index contributed by atoms with van der Waals surface area (Å²) in [5.41, 5.74) is 1.58. The highest BCUT2D eigenvalue weighted by Crippen LogP contribution is 2.33. The predicted molar refractivity (Wildman–Crippen MR) is 94.0 cm³/mol. The highest BCUT2D eigenvalue weighted by Gasteiger charge is 2.38. The lowest BCUT2D eigenvalue weighted by Gasteiger charge is -2.33. The van der Waals surface area contributed by atoms with Gasteiger partial charge in [0.25, 0.3) is 5.91 Å². The third kappa shape index (κ3) is 2.97. The average Bonchev–Trinajstić information content (AvgIpc) is 3.22. The lowest BCUT2D eigenvalue weighted by Crippen LogP contribution is -2.47. The molecule has 1 aromatic carbocycles. The number of likely N-dealkylation sites (tertiary alicyclic amines) is 2. The van der Waals surface area contributed by atoms with Crippen LogP contribution in [0.2, 0.25) is 0 Å². The number of ether oxygens (including phenoxy) is 2. The van der Waals surface area contributed by atoms with E-state index in [-0.39, 0.29) is 5.91 Å². The molecule has 2 heterocycles. The van der Waals surface area contributed by atoms with Gasteiger partial charge in [-0.3, -0.25) is 4.79 Å². The van der Waals surface area contributed by atoms with Crippen molar-refractivity contribution < 1.29 is 14.3 Å². The van der Waals surface area contributed by atoms with E-state index in [2.05, 4.69) is 16.8 Å². The smallest absolute Gasteiger partial charge is 0.254 e. The van der Waals surface area contributed by atoms with Crippen LogP contribution in [0.25, 0.3) is 0 Å². The van der Waals surface area contributed by atoms with Gasteiger partial charge in [0.05, 0.1) is 14.2 Å². The Hall–Kier alpha value is -1.75. The fraction of sp³-hybridized carbons (Fsp3) is 0.632. The number of carbonyl (C=O) groups excluding carboxylic acids is 1. The lowest BCUT2D eigenvalue weighted by atomic mass is 10.0. The molecule has 0 aromatic heterocycles. The van der Waals surface area contributed by atoms with E-state index in [1.54, 1.807) is 14.2 Å². The summed E-state index contributed by atoms with van der Waals surface area (Å²) in [5.74, 6) is 1.49. The molecule has 1 aromatic rings. The first-order valence-electron chi connectivity index (χ1n) is 8.80. The third-order valence-corrected chi connectivity index (χ3v) is 5.58. The summed E-state index contributed by atoms with van der Waals surface area (Å²) in [6.45, 7) is 3.92. The second-order valence-electron chi connectivity index (χ2n) is 6.90. The van der Waals surface area contributed by atoms with Crippen LogP contribution in [0, 0.1) is 6.92 Å². The molecule has 0 N–H and O–H groups in total. The normalized spacial score (nSPS) is 24.4. The zero-order valence-corrected chi connectivity index (χ0v) is 15.2. The zero-order chi connectivity index (χ0) is 17.3. The SMILES string of the molecule is COc1cc(C(=O)N2CCC[C@H]2[C@H]2CCCN2C)cc(OC)c1C. The van der Waals surface area contributed by atoms with Crippen molar-refractivity contribution in [3.05, 3.63) is 23.3 Å². The average molecular weight is 332 g/mol. The topological polar surface area (TPSA) is 42.0 Å². The highest BCUT2D eigenvalue weighted by molar-refractivity contribution is 5.95. The second kappa shape index (κ2) is 7.01. The van der Waals surface area contributed by atoms with Crippen molar-refractivity contribution in [2.45, 2.75) is 44.7 Å². The Morgan fingerprint density at radius 1 is 1.04 bits per heavy atom. The van der Waals surface area contributed by atoms with E-state index in [4.69, 9.17) is 9.47 Å². The maximum Gasteiger partial charge on any atom is 0.254 e. The van der Waals surface area contributed by atoms with Crippen molar-refractivity contribution in [3.8, 4) is 11.5 Å². The molecule has 0 unspecified atom stereocenters. The summed E-state index contributed by atoms with van der Waals surface area (Å²) in [5, 5.41) is 0. The quantitative estimate of drug-likeness (QED) is 0.850. The van der Waals surface area contributed by atoms with E-state index < -0.39 is 0 Å². The van der Waals surface area contributed by atoms with E-state index in [1.807, 2.05) is 19.1 Å². The Kier molecular flexibility index (Phi) is 4.99. The van der Waals surface area contributed by atoms with Crippen LogP contribution in [0.15, 0.2) is 12.1 Å². The molecule has 5 nitrogen and oxygen atoms in total. The predicted octanol–water partition coefficient (Wildman–Crippen LogP) is 2.71. The van der Waals surface area contributed by atoms with Gasteiger partial charge >= 0.3 is 0 Å². The van der Waals surface area contributed by atoms with Gasteiger partial charge in [0, 0.05) is 29.8 Å². The number of likely N-dealkylation sites (N-methyl/N-ethyl adjacent to an activating group) is 1. The number of methoxy groups -OCH3 is 2. The number of hydrogen-bond acceptors (Lipinski definition) is 4. The third-order valence-electron chi connectivity index (χ3n) is 5.58. The first-order valence-corrected chi connectivity index (χ1v) is 8.80. The lowest BCUT2D eigenvalue weighted by molar-refractivity contribution is 0.0663. The van der Waals surface area contributed by atoms with Gasteiger partial charge in [-0.1, -0.05) is 0 Å². The van der Waals surface area contributed by atoms with Crippen molar-refractivity contribution >= 4 is 5.91 Å². The van der Waals surface area contributed by atoms with Gasteiger partial charge in [-0.25, -0.2) is 0 Å². The number of nitrogens with zero attached hydrogens (tertiary/aromatic N) is 2. The number of hydrogen-bond donors (Lipinski definition) is 0. The number of benzene rings is 1. The summed E-state index contributed by atoms with van der Waals surface area (Å²) in [7, 11) is 5.43. The van der Waals surface area contributed by atoms with Gasteiger partial charge in [0.15, 0.2) is 0 Å². The molecule has 0 bridgehead atoms. The molecule has 0 aliphatic carbocycles. The summed E-state index contributed by atoms with van der Waals surface area (Å²) < 4.78 is 10.9. The van der Waals surface area contributed by atoms with Gasteiger partial charge in [0.1, 0.15) is 11.5 Å². The Bertz CT molecular complexity index is 592. The maximum absolute atomic E-state index is 13.2. The maximum atomic E-state index is 13.2. The molecular weight excluding hydrogens is 304 g/mol. The number of rotatable bonds is 4. The molecule has 24 heavy (non-hydrogen) atoms. The number of carbonyl (C=O) groups is 1. The molecule has 2 aliphatic rings. The van der Waals surface area contributed by atoms with Crippen molar-refractivity contribution in [3.63, 3.8) is 0 Å². The van der Waals surface area contributed by atoms with E-state index >= 15 is 0 Å². The molecule has 132 valence electrons. The van der Waals surface area contributed by atoms with Gasteiger partial charge < -0.3 is 19.3 Å². The minimum absolute atomic E-state index is 0.0920. The van der Waals surface area contributed by atoms with Crippen LogP contribution in [0.4, 0.5) is 0 Å². The first-order chi connectivity index (χ1) is 11.6. The molecule has 2 aliphatic heterocycles. The monoisotopic (exact) mass is 332 g/mol. The molecule has 0 radical (unpaired) electrons. The van der Waals surface area contributed by atoms with Crippen LogP contribution in [0.1, 0.15) is 41.6 Å². The molecule has 2 saturated heterocycles. The molecule has 0 saturated carbocycles. The molecule has 1 amide bonds. The van der Waals surface area contributed by atoms with E-state index in [1.165, 1.54) is 12.8 Å². The number of amides is 1. The molecular formula is C19H28N2O3. The molecule has 0 spiro atoms. The zero-order valence-electron chi connectivity index (χ0n) is 15.2. The van der Waals surface area contributed by atoms with Crippen LogP contribution in [-0.4, -0.2) is 62.1 Å². The van der Waals surface area contributed by atoms with Crippen LogP contribution in [0.5, 0.6) is 11.5 Å². The van der Waals surface area contributed by atoms with Crippen molar-refractivity contribution in [1.82, 2.24) is 9.80 Å². The minimum Gasteiger partial charge on any atom is -0.496 e. The summed E-state index contributed by atoms with van der Waals surface area (Å²) in [6.07, 6.45) is 4.60. The highest BCUT2D eigenvalue weighted by atomic mass is 16.5. The van der Waals surface area contributed by atoms with E-state index in [0.717, 1.165) is 31.5 Å². The van der Waals surface area contributed by atoms with Crippen LogP contribution in [-0.2, 0) is 0 Å². The molecule has 2 atom stereocenters. The Balaban J connectivity index is 1.88. The summed E-state index contributed by atoms with van der Waals surface area (Å²) >= 11 is 0. The fourth-order valence-corrected chi connectivity index (χ4v) is 4.24. The first kappa shape index (κ1) is 17.1. The van der Waals surface area contributed by atoms with Crippen molar-refractivity contribution in [2.75, 3.05) is 34.4 Å².